The monoisotopic (exact) mass is 877 g/mol. The van der Waals surface area contributed by atoms with E-state index in [1.807, 2.05) is 0 Å². The molecule has 0 N–H and O–H groups in total. The molecule has 6 heteroatoms. The normalized spacial score (nSPS) is 13.5. The summed E-state index contributed by atoms with van der Waals surface area (Å²) in [4.78, 5) is 38.0. The summed E-state index contributed by atoms with van der Waals surface area (Å²) in [6.07, 6.45) is 47.9. The molecule has 6 nitrogen and oxygen atoms in total. The Balaban J connectivity index is 4.31. The van der Waals surface area contributed by atoms with Crippen LogP contribution in [0.2, 0.25) is 0 Å². The smallest absolute Gasteiger partial charge is 0.306 e. The molecule has 0 radical (unpaired) electrons. The van der Waals surface area contributed by atoms with E-state index in [9.17, 15) is 14.4 Å². The fourth-order valence-electron chi connectivity index (χ4n) is 8.37. The molecule has 0 spiro atoms. The van der Waals surface area contributed by atoms with Crippen molar-refractivity contribution in [2.24, 2.45) is 17.8 Å². The van der Waals surface area contributed by atoms with E-state index in [2.05, 4.69) is 41.5 Å². The SMILES string of the molecule is CCC(C)CCCCCCCCCCCCCCCCC(=O)OC[C@@H](COC(=O)CCCCCCCCCCC(C)CC)OC(=O)CCCCCCCCCCCCC(C)CC. The predicted octanol–water partition coefficient (Wildman–Crippen LogP) is 17.9. The Bertz CT molecular complexity index is 966. The van der Waals surface area contributed by atoms with Gasteiger partial charge in [0, 0.05) is 19.3 Å². The summed E-state index contributed by atoms with van der Waals surface area (Å²) in [5.41, 5.74) is 0. The van der Waals surface area contributed by atoms with Gasteiger partial charge in [0.15, 0.2) is 6.10 Å². The minimum absolute atomic E-state index is 0.0644. The number of esters is 3. The van der Waals surface area contributed by atoms with Crippen molar-refractivity contribution < 1.29 is 28.6 Å². The Morgan fingerprint density at radius 2 is 0.516 bits per heavy atom. The molecule has 368 valence electrons. The highest BCUT2D eigenvalue weighted by Gasteiger charge is 2.19. The second-order valence-corrected chi connectivity index (χ2v) is 19.9. The standard InChI is InChI=1S/C56H108O6/c1-7-50(4)42-36-30-24-18-14-12-10-11-13-15-20-27-33-39-45-54(57)60-48-53(49-61-55(58)46-40-34-28-23-22-26-32-38-44-52(6)9-3)62-56(59)47-41-35-29-21-17-16-19-25-31-37-43-51(5)8-2/h50-53H,7-49H2,1-6H3/t50?,51?,52?,53-/m0/s1. The van der Waals surface area contributed by atoms with E-state index in [0.29, 0.717) is 19.3 Å². The second kappa shape index (κ2) is 47.4. The van der Waals surface area contributed by atoms with Gasteiger partial charge in [0.1, 0.15) is 13.2 Å². The first kappa shape index (κ1) is 60.4. The molecule has 0 saturated heterocycles. The van der Waals surface area contributed by atoms with Crippen molar-refractivity contribution in [1.82, 2.24) is 0 Å². The van der Waals surface area contributed by atoms with Gasteiger partial charge in [0.05, 0.1) is 0 Å². The molecule has 0 aromatic heterocycles. The zero-order valence-electron chi connectivity index (χ0n) is 42.7. The molecular weight excluding hydrogens is 769 g/mol. The molecule has 0 heterocycles. The zero-order chi connectivity index (χ0) is 45.6. The number of unbranched alkanes of at least 4 members (excludes halogenated alkanes) is 29. The Morgan fingerprint density at radius 1 is 0.306 bits per heavy atom. The Labute approximate surface area is 387 Å². The molecule has 0 bridgehead atoms. The summed E-state index contributed by atoms with van der Waals surface area (Å²) < 4.78 is 16.9. The number of carbonyl (C=O) groups excluding carboxylic acids is 3. The van der Waals surface area contributed by atoms with Crippen molar-refractivity contribution in [1.29, 1.82) is 0 Å². The predicted molar refractivity (Wildman–Crippen MR) is 266 cm³/mol. The van der Waals surface area contributed by atoms with Crippen LogP contribution in [0.25, 0.3) is 0 Å². The van der Waals surface area contributed by atoms with Crippen molar-refractivity contribution in [3.8, 4) is 0 Å². The maximum absolute atomic E-state index is 12.8. The summed E-state index contributed by atoms with van der Waals surface area (Å²) in [6, 6.07) is 0. The van der Waals surface area contributed by atoms with Crippen LogP contribution in [0.15, 0.2) is 0 Å². The second-order valence-electron chi connectivity index (χ2n) is 19.9. The summed E-state index contributed by atoms with van der Waals surface area (Å²) in [5, 5.41) is 0. The molecule has 0 aromatic carbocycles. The molecule has 3 unspecified atom stereocenters. The van der Waals surface area contributed by atoms with Crippen LogP contribution >= 0.6 is 0 Å². The summed E-state index contributed by atoms with van der Waals surface area (Å²) in [6.45, 7) is 13.8. The molecule has 4 atom stereocenters. The van der Waals surface area contributed by atoms with Crippen LogP contribution in [-0.4, -0.2) is 37.2 Å². The lowest BCUT2D eigenvalue weighted by Crippen LogP contribution is -2.30. The third-order valence-electron chi connectivity index (χ3n) is 13.7. The third-order valence-corrected chi connectivity index (χ3v) is 13.7. The molecule has 0 aliphatic heterocycles. The van der Waals surface area contributed by atoms with Gasteiger partial charge in [-0.05, 0) is 37.0 Å². The van der Waals surface area contributed by atoms with Gasteiger partial charge in [-0.3, -0.25) is 14.4 Å². The summed E-state index contributed by atoms with van der Waals surface area (Å²) in [5.74, 6) is 1.76. The van der Waals surface area contributed by atoms with Gasteiger partial charge in [0.25, 0.3) is 0 Å². The van der Waals surface area contributed by atoms with Crippen LogP contribution in [-0.2, 0) is 28.6 Å². The van der Waals surface area contributed by atoms with Gasteiger partial charge in [0.2, 0.25) is 0 Å². The van der Waals surface area contributed by atoms with E-state index in [4.69, 9.17) is 14.2 Å². The van der Waals surface area contributed by atoms with Crippen molar-refractivity contribution >= 4 is 17.9 Å². The highest BCUT2D eigenvalue weighted by Crippen LogP contribution is 2.19. The van der Waals surface area contributed by atoms with E-state index >= 15 is 0 Å². The topological polar surface area (TPSA) is 78.9 Å². The zero-order valence-corrected chi connectivity index (χ0v) is 42.7. The average Bonchev–Trinajstić information content (AvgIpc) is 3.27. The number of hydrogen-bond donors (Lipinski definition) is 0. The highest BCUT2D eigenvalue weighted by atomic mass is 16.6. The minimum Gasteiger partial charge on any atom is -0.462 e. The van der Waals surface area contributed by atoms with Crippen molar-refractivity contribution in [2.75, 3.05) is 13.2 Å². The first-order chi connectivity index (χ1) is 30.2. The Kier molecular flexibility index (Phi) is 46.2. The third kappa shape index (κ3) is 45.0. The molecule has 0 saturated carbocycles. The van der Waals surface area contributed by atoms with Crippen LogP contribution in [0.1, 0.15) is 305 Å². The molecule has 62 heavy (non-hydrogen) atoms. The molecule has 0 amide bonds. The van der Waals surface area contributed by atoms with Gasteiger partial charge in [-0.25, -0.2) is 0 Å². The van der Waals surface area contributed by atoms with Crippen LogP contribution in [0, 0.1) is 17.8 Å². The first-order valence-electron chi connectivity index (χ1n) is 27.7. The largest absolute Gasteiger partial charge is 0.462 e. The van der Waals surface area contributed by atoms with Gasteiger partial charge < -0.3 is 14.2 Å². The van der Waals surface area contributed by atoms with Gasteiger partial charge >= 0.3 is 17.9 Å². The van der Waals surface area contributed by atoms with E-state index in [1.54, 1.807) is 0 Å². The van der Waals surface area contributed by atoms with Crippen LogP contribution < -0.4 is 0 Å². The molecule has 0 fully saturated rings. The lowest BCUT2D eigenvalue weighted by molar-refractivity contribution is -0.167. The number of rotatable bonds is 49. The Hall–Kier alpha value is -1.59. The van der Waals surface area contributed by atoms with E-state index in [0.717, 1.165) is 75.5 Å². The van der Waals surface area contributed by atoms with Gasteiger partial charge in [-0.1, -0.05) is 266 Å². The lowest BCUT2D eigenvalue weighted by atomic mass is 9.99. The lowest BCUT2D eigenvalue weighted by Gasteiger charge is -2.18. The van der Waals surface area contributed by atoms with Crippen LogP contribution in [0.3, 0.4) is 0 Å². The fraction of sp³-hybridized carbons (Fsp3) is 0.946. The molecule has 0 aliphatic carbocycles. The van der Waals surface area contributed by atoms with Crippen molar-refractivity contribution in [3.05, 3.63) is 0 Å². The van der Waals surface area contributed by atoms with Crippen molar-refractivity contribution in [2.45, 2.75) is 311 Å². The van der Waals surface area contributed by atoms with Gasteiger partial charge in [-0.2, -0.15) is 0 Å². The fourth-order valence-corrected chi connectivity index (χ4v) is 8.37. The van der Waals surface area contributed by atoms with Crippen molar-refractivity contribution in [3.63, 3.8) is 0 Å². The highest BCUT2D eigenvalue weighted by molar-refractivity contribution is 5.71. The maximum Gasteiger partial charge on any atom is 0.306 e. The minimum atomic E-state index is -0.764. The first-order valence-corrected chi connectivity index (χ1v) is 27.7. The summed E-state index contributed by atoms with van der Waals surface area (Å²) in [7, 11) is 0. The number of ether oxygens (including phenoxy) is 3. The van der Waals surface area contributed by atoms with Crippen LogP contribution in [0.4, 0.5) is 0 Å². The van der Waals surface area contributed by atoms with E-state index in [1.165, 1.54) is 186 Å². The molecular formula is C56H108O6. The molecule has 0 rings (SSSR count). The summed E-state index contributed by atoms with van der Waals surface area (Å²) >= 11 is 0. The number of carbonyl (C=O) groups is 3. The maximum atomic E-state index is 12.8. The van der Waals surface area contributed by atoms with Crippen LogP contribution in [0.5, 0.6) is 0 Å². The average molecular weight is 877 g/mol. The number of hydrogen-bond acceptors (Lipinski definition) is 6. The molecule has 0 aromatic rings. The quantitative estimate of drug-likeness (QED) is 0.0344. The van der Waals surface area contributed by atoms with E-state index in [-0.39, 0.29) is 31.1 Å². The van der Waals surface area contributed by atoms with E-state index < -0.39 is 6.10 Å². The molecule has 0 aliphatic rings. The van der Waals surface area contributed by atoms with Gasteiger partial charge in [-0.15, -0.1) is 0 Å². The Morgan fingerprint density at radius 3 is 0.758 bits per heavy atom.